The summed E-state index contributed by atoms with van der Waals surface area (Å²) in [5.41, 5.74) is 1.79. The standard InChI is InChI=1S/C15H16F3N3/c1-10-7-21-14(8-19-10)9-20-11(2)12-3-5-13(6-4-12)15(16,17)18/h3-8,11,20H,9H2,1-2H3. The highest BCUT2D eigenvalue weighted by atomic mass is 19.4. The number of hydrogen-bond donors (Lipinski definition) is 1. The minimum absolute atomic E-state index is 0.0737. The Morgan fingerprint density at radius 3 is 2.29 bits per heavy atom. The minimum Gasteiger partial charge on any atom is -0.305 e. The van der Waals surface area contributed by atoms with Crippen LogP contribution in [0, 0.1) is 6.92 Å². The summed E-state index contributed by atoms with van der Waals surface area (Å²) in [5.74, 6) is 0. The van der Waals surface area contributed by atoms with E-state index in [0.717, 1.165) is 29.1 Å². The van der Waals surface area contributed by atoms with Gasteiger partial charge in [0.1, 0.15) is 0 Å². The molecule has 0 fully saturated rings. The van der Waals surface area contributed by atoms with E-state index in [9.17, 15) is 13.2 Å². The Balaban J connectivity index is 1.97. The molecule has 1 aromatic heterocycles. The Kier molecular flexibility index (Phi) is 4.57. The van der Waals surface area contributed by atoms with Gasteiger partial charge in [-0.25, -0.2) is 0 Å². The lowest BCUT2D eigenvalue weighted by Crippen LogP contribution is -2.19. The molecular weight excluding hydrogens is 279 g/mol. The number of nitrogens with zero attached hydrogens (tertiary/aromatic N) is 2. The van der Waals surface area contributed by atoms with E-state index in [2.05, 4.69) is 15.3 Å². The van der Waals surface area contributed by atoms with E-state index in [-0.39, 0.29) is 6.04 Å². The molecule has 6 heteroatoms. The Labute approximate surface area is 121 Å². The Morgan fingerprint density at radius 1 is 1.10 bits per heavy atom. The van der Waals surface area contributed by atoms with Crippen LogP contribution in [-0.2, 0) is 12.7 Å². The number of hydrogen-bond acceptors (Lipinski definition) is 3. The summed E-state index contributed by atoms with van der Waals surface area (Å²) < 4.78 is 37.5. The van der Waals surface area contributed by atoms with Crippen LogP contribution in [0.3, 0.4) is 0 Å². The van der Waals surface area contributed by atoms with Crippen LogP contribution in [-0.4, -0.2) is 9.97 Å². The fraction of sp³-hybridized carbons (Fsp3) is 0.333. The van der Waals surface area contributed by atoms with E-state index in [1.54, 1.807) is 12.4 Å². The van der Waals surface area contributed by atoms with Crippen molar-refractivity contribution in [3.8, 4) is 0 Å². The van der Waals surface area contributed by atoms with Crippen molar-refractivity contribution in [3.63, 3.8) is 0 Å². The molecule has 0 aliphatic heterocycles. The van der Waals surface area contributed by atoms with Crippen LogP contribution in [0.4, 0.5) is 13.2 Å². The second kappa shape index (κ2) is 6.22. The fourth-order valence-corrected chi connectivity index (χ4v) is 1.85. The Morgan fingerprint density at radius 2 is 1.76 bits per heavy atom. The van der Waals surface area contributed by atoms with Gasteiger partial charge >= 0.3 is 6.18 Å². The molecule has 2 rings (SSSR count). The number of rotatable bonds is 4. The Bertz CT molecular complexity index is 577. The van der Waals surface area contributed by atoms with Gasteiger partial charge in [-0.15, -0.1) is 0 Å². The third-order valence-corrected chi connectivity index (χ3v) is 3.16. The normalized spacial score (nSPS) is 13.2. The fourth-order valence-electron chi connectivity index (χ4n) is 1.85. The quantitative estimate of drug-likeness (QED) is 0.935. The predicted molar refractivity (Wildman–Crippen MR) is 73.5 cm³/mol. The first-order chi connectivity index (χ1) is 9.86. The molecule has 0 saturated carbocycles. The van der Waals surface area contributed by atoms with Crippen molar-refractivity contribution in [1.82, 2.24) is 15.3 Å². The lowest BCUT2D eigenvalue weighted by molar-refractivity contribution is -0.137. The molecule has 0 bridgehead atoms. The van der Waals surface area contributed by atoms with Gasteiger partial charge in [0, 0.05) is 25.0 Å². The summed E-state index contributed by atoms with van der Waals surface area (Å²) in [6, 6.07) is 5.09. The lowest BCUT2D eigenvalue weighted by Gasteiger charge is -2.15. The first kappa shape index (κ1) is 15.4. The van der Waals surface area contributed by atoms with Crippen LogP contribution in [0.25, 0.3) is 0 Å². The largest absolute Gasteiger partial charge is 0.416 e. The van der Waals surface area contributed by atoms with E-state index in [4.69, 9.17) is 0 Å². The molecule has 1 unspecified atom stereocenters. The highest BCUT2D eigenvalue weighted by Gasteiger charge is 2.30. The smallest absolute Gasteiger partial charge is 0.305 e. The van der Waals surface area contributed by atoms with Crippen molar-refractivity contribution < 1.29 is 13.2 Å². The summed E-state index contributed by atoms with van der Waals surface area (Å²) >= 11 is 0. The zero-order valence-corrected chi connectivity index (χ0v) is 11.8. The number of benzene rings is 1. The van der Waals surface area contributed by atoms with E-state index in [0.29, 0.717) is 6.54 Å². The van der Waals surface area contributed by atoms with Crippen LogP contribution in [0.2, 0.25) is 0 Å². The maximum atomic E-state index is 12.5. The summed E-state index contributed by atoms with van der Waals surface area (Å²) in [6.07, 6.45) is -0.936. The Hall–Kier alpha value is -1.95. The van der Waals surface area contributed by atoms with Crippen molar-refractivity contribution in [2.75, 3.05) is 0 Å². The van der Waals surface area contributed by atoms with Crippen LogP contribution in [0.5, 0.6) is 0 Å². The van der Waals surface area contributed by atoms with Crippen molar-refractivity contribution in [2.45, 2.75) is 32.6 Å². The molecule has 21 heavy (non-hydrogen) atoms. The summed E-state index contributed by atoms with van der Waals surface area (Å²) in [7, 11) is 0. The zero-order valence-electron chi connectivity index (χ0n) is 11.8. The van der Waals surface area contributed by atoms with Gasteiger partial charge < -0.3 is 5.32 Å². The number of alkyl halides is 3. The summed E-state index contributed by atoms with van der Waals surface area (Å²) in [5, 5.41) is 3.21. The van der Waals surface area contributed by atoms with Gasteiger partial charge in [-0.1, -0.05) is 12.1 Å². The molecule has 2 aromatic rings. The van der Waals surface area contributed by atoms with Gasteiger partial charge in [-0.2, -0.15) is 13.2 Å². The minimum atomic E-state index is -4.30. The van der Waals surface area contributed by atoms with Gasteiger partial charge in [0.2, 0.25) is 0 Å². The highest BCUT2D eigenvalue weighted by Crippen LogP contribution is 2.29. The SMILES string of the molecule is Cc1cnc(CNC(C)c2ccc(C(F)(F)F)cc2)cn1. The topological polar surface area (TPSA) is 37.8 Å². The van der Waals surface area contributed by atoms with E-state index >= 15 is 0 Å². The second-order valence-corrected chi connectivity index (χ2v) is 4.87. The molecule has 1 N–H and O–H groups in total. The third kappa shape index (κ3) is 4.26. The van der Waals surface area contributed by atoms with Crippen molar-refractivity contribution >= 4 is 0 Å². The van der Waals surface area contributed by atoms with E-state index in [1.165, 1.54) is 12.1 Å². The monoisotopic (exact) mass is 295 g/mol. The number of aromatic nitrogens is 2. The van der Waals surface area contributed by atoms with Crippen LogP contribution in [0.1, 0.15) is 35.5 Å². The average Bonchev–Trinajstić information content (AvgIpc) is 2.45. The molecule has 0 spiro atoms. The van der Waals surface area contributed by atoms with E-state index in [1.807, 2.05) is 13.8 Å². The maximum Gasteiger partial charge on any atom is 0.416 e. The van der Waals surface area contributed by atoms with Gasteiger partial charge in [0.25, 0.3) is 0 Å². The van der Waals surface area contributed by atoms with Crippen LogP contribution in [0.15, 0.2) is 36.7 Å². The number of aryl methyl sites for hydroxylation is 1. The van der Waals surface area contributed by atoms with Gasteiger partial charge in [-0.05, 0) is 31.5 Å². The third-order valence-electron chi connectivity index (χ3n) is 3.16. The van der Waals surface area contributed by atoms with Crippen molar-refractivity contribution in [1.29, 1.82) is 0 Å². The molecular formula is C15H16F3N3. The molecule has 0 amide bonds. The molecule has 1 heterocycles. The molecule has 0 aliphatic rings. The maximum absolute atomic E-state index is 12.5. The first-order valence-electron chi connectivity index (χ1n) is 6.54. The molecule has 0 saturated heterocycles. The zero-order chi connectivity index (χ0) is 15.5. The van der Waals surface area contributed by atoms with Gasteiger partial charge in [-0.3, -0.25) is 9.97 Å². The van der Waals surface area contributed by atoms with Crippen molar-refractivity contribution in [2.24, 2.45) is 0 Å². The average molecular weight is 295 g/mol. The van der Waals surface area contributed by atoms with Crippen LogP contribution < -0.4 is 5.32 Å². The molecule has 112 valence electrons. The molecule has 1 atom stereocenters. The predicted octanol–water partition coefficient (Wildman–Crippen LogP) is 3.65. The van der Waals surface area contributed by atoms with Gasteiger partial charge in [0.05, 0.1) is 17.0 Å². The van der Waals surface area contributed by atoms with Crippen LogP contribution >= 0.6 is 0 Å². The molecule has 0 aliphatic carbocycles. The summed E-state index contributed by atoms with van der Waals surface area (Å²) in [6.45, 7) is 4.26. The lowest BCUT2D eigenvalue weighted by atomic mass is 10.1. The van der Waals surface area contributed by atoms with Crippen molar-refractivity contribution in [3.05, 3.63) is 59.2 Å². The molecule has 0 radical (unpaired) electrons. The molecule has 1 aromatic carbocycles. The number of halogens is 3. The van der Waals surface area contributed by atoms with Gasteiger partial charge in [0.15, 0.2) is 0 Å². The highest BCUT2D eigenvalue weighted by molar-refractivity contribution is 5.26. The summed E-state index contributed by atoms with van der Waals surface area (Å²) in [4.78, 5) is 8.36. The van der Waals surface area contributed by atoms with E-state index < -0.39 is 11.7 Å². The first-order valence-corrected chi connectivity index (χ1v) is 6.54. The molecule has 3 nitrogen and oxygen atoms in total. The second-order valence-electron chi connectivity index (χ2n) is 4.87. The number of nitrogens with one attached hydrogen (secondary N) is 1.